The van der Waals surface area contributed by atoms with Crippen LogP contribution < -0.4 is 9.47 Å². The molecule has 0 aromatic heterocycles. The minimum absolute atomic E-state index is 0.218. The molecule has 0 unspecified atom stereocenters. The van der Waals surface area contributed by atoms with Gasteiger partial charge in [0.2, 0.25) is 0 Å². The first-order chi connectivity index (χ1) is 15.0. The molecule has 1 amide bonds. The van der Waals surface area contributed by atoms with Crippen molar-refractivity contribution in [2.45, 2.75) is 19.5 Å². The van der Waals surface area contributed by atoms with E-state index in [4.69, 9.17) is 9.47 Å². The molecule has 158 valence electrons. The molecule has 0 spiro atoms. The number of carbonyl (C=O) groups excluding carboxylic acids is 1. The Hall–Kier alpha value is -3.73. The van der Waals surface area contributed by atoms with E-state index in [9.17, 15) is 9.90 Å². The number of benzene rings is 3. The predicted octanol–water partition coefficient (Wildman–Crippen LogP) is 5.07. The van der Waals surface area contributed by atoms with Gasteiger partial charge in [-0.15, -0.1) is 0 Å². The maximum absolute atomic E-state index is 13.2. The molecule has 0 aliphatic carbocycles. The van der Waals surface area contributed by atoms with Crippen molar-refractivity contribution in [2.24, 2.45) is 0 Å². The third-order valence-electron chi connectivity index (χ3n) is 5.62. The van der Waals surface area contributed by atoms with E-state index < -0.39 is 11.9 Å². The highest BCUT2D eigenvalue weighted by Crippen LogP contribution is 2.44. The van der Waals surface area contributed by atoms with Gasteiger partial charge in [0.25, 0.3) is 5.91 Å². The minimum atomic E-state index is -0.415. The standard InChI is InChI=1S/C26H25NO4/c1-17-9-11-19(12-10-17)24-23(18-7-5-4-6-8-18)25(28)26(29)27(24)16-20-13-14-21(30-2)15-22(20)31-3/h4-15,24,28H,16H2,1-3H3/t24-/m1/s1. The topological polar surface area (TPSA) is 59.0 Å². The normalized spacial score (nSPS) is 16.0. The zero-order valence-electron chi connectivity index (χ0n) is 17.8. The molecule has 5 nitrogen and oxygen atoms in total. The van der Waals surface area contributed by atoms with Crippen molar-refractivity contribution in [1.82, 2.24) is 4.90 Å². The fourth-order valence-corrected chi connectivity index (χ4v) is 3.99. The molecule has 0 saturated heterocycles. The summed E-state index contributed by atoms with van der Waals surface area (Å²) in [6.07, 6.45) is 0. The molecule has 4 rings (SSSR count). The third-order valence-corrected chi connectivity index (χ3v) is 5.62. The van der Waals surface area contributed by atoms with Crippen LogP contribution in [0.3, 0.4) is 0 Å². The summed E-state index contributed by atoms with van der Waals surface area (Å²) in [6, 6.07) is 22.7. The molecule has 31 heavy (non-hydrogen) atoms. The number of aliphatic hydroxyl groups excluding tert-OH is 1. The van der Waals surface area contributed by atoms with Gasteiger partial charge in [0.15, 0.2) is 5.76 Å². The molecule has 0 radical (unpaired) electrons. The molecule has 3 aromatic carbocycles. The van der Waals surface area contributed by atoms with Crippen LogP contribution in [0, 0.1) is 6.92 Å². The fourth-order valence-electron chi connectivity index (χ4n) is 3.99. The van der Waals surface area contributed by atoms with Gasteiger partial charge < -0.3 is 19.5 Å². The quantitative estimate of drug-likeness (QED) is 0.611. The van der Waals surface area contributed by atoms with Gasteiger partial charge in [-0.3, -0.25) is 4.79 Å². The number of methoxy groups -OCH3 is 2. The number of hydrogen-bond donors (Lipinski definition) is 1. The minimum Gasteiger partial charge on any atom is -0.503 e. The number of ether oxygens (including phenoxy) is 2. The maximum Gasteiger partial charge on any atom is 0.290 e. The molecule has 0 fully saturated rings. The third kappa shape index (κ3) is 3.87. The zero-order valence-corrected chi connectivity index (χ0v) is 17.8. The highest BCUT2D eigenvalue weighted by molar-refractivity contribution is 6.05. The molecule has 1 heterocycles. The Morgan fingerprint density at radius 3 is 2.29 bits per heavy atom. The SMILES string of the molecule is COc1ccc(CN2C(=O)C(O)=C(c3ccccc3)[C@H]2c2ccc(C)cc2)c(OC)c1. The first kappa shape index (κ1) is 20.5. The molecular weight excluding hydrogens is 390 g/mol. The Morgan fingerprint density at radius 2 is 1.65 bits per heavy atom. The van der Waals surface area contributed by atoms with Crippen LogP contribution in [0.5, 0.6) is 11.5 Å². The summed E-state index contributed by atoms with van der Waals surface area (Å²) in [5, 5.41) is 10.9. The number of amides is 1. The molecule has 5 heteroatoms. The van der Waals surface area contributed by atoms with E-state index in [1.54, 1.807) is 25.2 Å². The van der Waals surface area contributed by atoms with Gasteiger partial charge in [-0.05, 0) is 30.2 Å². The van der Waals surface area contributed by atoms with Crippen molar-refractivity contribution in [2.75, 3.05) is 14.2 Å². The highest BCUT2D eigenvalue weighted by atomic mass is 16.5. The molecule has 1 atom stereocenters. The Balaban J connectivity index is 1.80. The summed E-state index contributed by atoms with van der Waals surface area (Å²) in [7, 11) is 3.19. The number of rotatable bonds is 6. The van der Waals surface area contributed by atoms with Crippen molar-refractivity contribution >= 4 is 11.5 Å². The number of hydrogen-bond acceptors (Lipinski definition) is 4. The largest absolute Gasteiger partial charge is 0.503 e. The Bertz CT molecular complexity index is 1120. The average molecular weight is 415 g/mol. The Kier molecular flexibility index (Phi) is 5.67. The van der Waals surface area contributed by atoms with E-state index in [0.717, 1.165) is 22.3 Å². The monoisotopic (exact) mass is 415 g/mol. The van der Waals surface area contributed by atoms with Crippen molar-refractivity contribution in [3.63, 3.8) is 0 Å². The second-order valence-corrected chi connectivity index (χ2v) is 7.55. The van der Waals surface area contributed by atoms with Crippen LogP contribution in [0.4, 0.5) is 0 Å². The van der Waals surface area contributed by atoms with Gasteiger partial charge in [0.05, 0.1) is 26.8 Å². The average Bonchev–Trinajstić information content (AvgIpc) is 3.05. The first-order valence-corrected chi connectivity index (χ1v) is 10.1. The molecule has 1 aliphatic heterocycles. The van der Waals surface area contributed by atoms with Crippen molar-refractivity contribution < 1.29 is 19.4 Å². The summed E-state index contributed by atoms with van der Waals surface area (Å²) in [6.45, 7) is 2.31. The van der Waals surface area contributed by atoms with Gasteiger partial charge in [-0.1, -0.05) is 60.2 Å². The summed E-state index contributed by atoms with van der Waals surface area (Å²) in [5.74, 6) is 0.684. The van der Waals surface area contributed by atoms with Crippen LogP contribution in [0.2, 0.25) is 0 Å². The molecule has 0 bridgehead atoms. The van der Waals surface area contributed by atoms with E-state index in [-0.39, 0.29) is 12.3 Å². The van der Waals surface area contributed by atoms with Crippen LogP contribution in [0.1, 0.15) is 28.3 Å². The molecule has 0 saturated carbocycles. The predicted molar refractivity (Wildman–Crippen MR) is 120 cm³/mol. The van der Waals surface area contributed by atoms with E-state index in [0.29, 0.717) is 17.1 Å². The fraction of sp³-hybridized carbons (Fsp3) is 0.192. The Labute approximate surface area is 182 Å². The van der Waals surface area contributed by atoms with E-state index in [2.05, 4.69) is 0 Å². The Morgan fingerprint density at radius 1 is 0.935 bits per heavy atom. The maximum atomic E-state index is 13.2. The van der Waals surface area contributed by atoms with E-state index >= 15 is 0 Å². The molecule has 1 aliphatic rings. The van der Waals surface area contributed by atoms with Gasteiger partial charge in [0, 0.05) is 17.2 Å². The number of nitrogens with zero attached hydrogens (tertiary/aromatic N) is 1. The lowest BCUT2D eigenvalue weighted by Crippen LogP contribution is -2.30. The molecular formula is C26H25NO4. The lowest BCUT2D eigenvalue weighted by Gasteiger charge is -2.28. The number of aliphatic hydroxyl groups is 1. The number of carbonyl (C=O) groups is 1. The molecule has 1 N–H and O–H groups in total. The van der Waals surface area contributed by atoms with Crippen molar-refractivity contribution in [3.05, 3.63) is 101 Å². The summed E-state index contributed by atoms with van der Waals surface area (Å²) in [4.78, 5) is 14.9. The van der Waals surface area contributed by atoms with Crippen molar-refractivity contribution in [1.29, 1.82) is 0 Å². The van der Waals surface area contributed by atoms with Crippen LogP contribution in [-0.4, -0.2) is 30.1 Å². The summed E-state index contributed by atoms with van der Waals surface area (Å²) < 4.78 is 10.8. The lowest BCUT2D eigenvalue weighted by atomic mass is 9.93. The summed E-state index contributed by atoms with van der Waals surface area (Å²) in [5.41, 5.74) is 4.33. The van der Waals surface area contributed by atoms with Crippen LogP contribution in [-0.2, 0) is 11.3 Å². The smallest absolute Gasteiger partial charge is 0.290 e. The van der Waals surface area contributed by atoms with Crippen LogP contribution in [0.15, 0.2) is 78.6 Å². The lowest BCUT2D eigenvalue weighted by molar-refractivity contribution is -0.130. The van der Waals surface area contributed by atoms with Gasteiger partial charge in [-0.2, -0.15) is 0 Å². The molecule has 3 aromatic rings. The number of aryl methyl sites for hydroxylation is 1. The first-order valence-electron chi connectivity index (χ1n) is 10.1. The summed E-state index contributed by atoms with van der Waals surface area (Å²) >= 11 is 0. The second kappa shape index (κ2) is 8.56. The second-order valence-electron chi connectivity index (χ2n) is 7.55. The van der Waals surface area contributed by atoms with Gasteiger partial charge in [-0.25, -0.2) is 0 Å². The van der Waals surface area contributed by atoms with E-state index in [1.807, 2.05) is 73.7 Å². The van der Waals surface area contributed by atoms with E-state index in [1.165, 1.54) is 0 Å². The van der Waals surface area contributed by atoms with Crippen LogP contribution in [0.25, 0.3) is 5.57 Å². The van der Waals surface area contributed by atoms with Crippen LogP contribution >= 0.6 is 0 Å². The van der Waals surface area contributed by atoms with Gasteiger partial charge >= 0.3 is 0 Å². The van der Waals surface area contributed by atoms with Gasteiger partial charge in [0.1, 0.15) is 11.5 Å². The van der Waals surface area contributed by atoms with Crippen molar-refractivity contribution in [3.8, 4) is 11.5 Å². The zero-order chi connectivity index (χ0) is 22.0. The highest BCUT2D eigenvalue weighted by Gasteiger charge is 2.41.